The predicted octanol–water partition coefficient (Wildman–Crippen LogP) is 3.46. The molecule has 1 aromatic heterocycles. The number of hydrogen-bond donors (Lipinski definition) is 1. The predicted molar refractivity (Wildman–Crippen MR) is 74.4 cm³/mol. The van der Waals surface area contributed by atoms with Gasteiger partial charge in [0.1, 0.15) is 11.6 Å². The summed E-state index contributed by atoms with van der Waals surface area (Å²) >= 11 is 0. The second-order valence-electron chi connectivity index (χ2n) is 4.67. The van der Waals surface area contributed by atoms with Crippen molar-refractivity contribution in [2.45, 2.75) is 6.54 Å². The maximum Gasteiger partial charge on any atom is 0.131 e. The molecule has 0 fully saturated rings. The van der Waals surface area contributed by atoms with Crippen LogP contribution in [0.4, 0.5) is 14.5 Å². The van der Waals surface area contributed by atoms with Crippen LogP contribution in [0, 0.1) is 11.6 Å². The summed E-state index contributed by atoms with van der Waals surface area (Å²) in [7, 11) is 1.86. The summed E-state index contributed by atoms with van der Waals surface area (Å²) in [5.41, 5.74) is 2.21. The van der Waals surface area contributed by atoms with Crippen molar-refractivity contribution in [2.24, 2.45) is 7.05 Å². The number of anilines is 1. The molecule has 0 saturated carbocycles. The van der Waals surface area contributed by atoms with Crippen molar-refractivity contribution in [3.8, 4) is 0 Å². The largest absolute Gasteiger partial charge is 0.381 e. The third kappa shape index (κ3) is 2.47. The Morgan fingerprint density at radius 2 is 2.00 bits per heavy atom. The SMILES string of the molecule is Cn1cc2cc(NCc3ccc(F)cc3F)ccc2n1. The monoisotopic (exact) mass is 273 g/mol. The van der Waals surface area contributed by atoms with Crippen LogP contribution in [0.2, 0.25) is 0 Å². The van der Waals surface area contributed by atoms with Gasteiger partial charge < -0.3 is 5.32 Å². The van der Waals surface area contributed by atoms with Crippen LogP contribution in [0.5, 0.6) is 0 Å². The lowest BCUT2D eigenvalue weighted by atomic mass is 10.2. The van der Waals surface area contributed by atoms with E-state index in [0.29, 0.717) is 12.1 Å². The van der Waals surface area contributed by atoms with Crippen LogP contribution in [0.15, 0.2) is 42.6 Å². The first-order valence-electron chi connectivity index (χ1n) is 6.23. The number of fused-ring (bicyclic) bond motifs is 1. The number of aryl methyl sites for hydroxylation is 1. The molecule has 0 aliphatic rings. The Labute approximate surface area is 114 Å². The molecule has 3 aromatic rings. The molecule has 1 N–H and O–H groups in total. The summed E-state index contributed by atoms with van der Waals surface area (Å²) in [4.78, 5) is 0. The molecule has 0 amide bonds. The molecular weight excluding hydrogens is 260 g/mol. The van der Waals surface area contributed by atoms with E-state index in [1.165, 1.54) is 12.1 Å². The molecule has 5 heteroatoms. The van der Waals surface area contributed by atoms with Crippen LogP contribution in [0.1, 0.15) is 5.56 Å². The molecule has 0 bridgehead atoms. The Kier molecular flexibility index (Phi) is 3.10. The van der Waals surface area contributed by atoms with Crippen LogP contribution in [-0.4, -0.2) is 9.78 Å². The van der Waals surface area contributed by atoms with Crippen molar-refractivity contribution in [3.05, 3.63) is 59.8 Å². The van der Waals surface area contributed by atoms with Gasteiger partial charge in [0.25, 0.3) is 0 Å². The average molecular weight is 273 g/mol. The maximum atomic E-state index is 13.5. The van der Waals surface area contributed by atoms with Gasteiger partial charge in [-0.05, 0) is 24.3 Å². The fourth-order valence-corrected chi connectivity index (χ4v) is 2.12. The molecule has 102 valence electrons. The second kappa shape index (κ2) is 4.92. The van der Waals surface area contributed by atoms with E-state index in [2.05, 4.69) is 10.4 Å². The molecule has 0 unspecified atom stereocenters. The molecule has 0 aliphatic carbocycles. The molecule has 3 rings (SSSR count). The highest BCUT2D eigenvalue weighted by Crippen LogP contribution is 2.19. The molecule has 2 aromatic carbocycles. The van der Waals surface area contributed by atoms with Gasteiger partial charge in [0.2, 0.25) is 0 Å². The fourth-order valence-electron chi connectivity index (χ4n) is 2.12. The molecule has 0 saturated heterocycles. The number of nitrogens with one attached hydrogen (secondary N) is 1. The number of aromatic nitrogens is 2. The minimum absolute atomic E-state index is 0.303. The minimum Gasteiger partial charge on any atom is -0.381 e. The summed E-state index contributed by atoms with van der Waals surface area (Å²) in [5, 5.41) is 8.42. The van der Waals surface area contributed by atoms with Crippen molar-refractivity contribution < 1.29 is 8.78 Å². The Morgan fingerprint density at radius 1 is 1.15 bits per heavy atom. The lowest BCUT2D eigenvalue weighted by Gasteiger charge is -2.07. The van der Waals surface area contributed by atoms with Gasteiger partial charge in [0.05, 0.1) is 5.52 Å². The van der Waals surface area contributed by atoms with Crippen LogP contribution >= 0.6 is 0 Å². The molecule has 20 heavy (non-hydrogen) atoms. The minimum atomic E-state index is -0.567. The van der Waals surface area contributed by atoms with Gasteiger partial charge in [-0.1, -0.05) is 6.07 Å². The lowest BCUT2D eigenvalue weighted by molar-refractivity contribution is 0.574. The average Bonchev–Trinajstić information content (AvgIpc) is 2.77. The maximum absolute atomic E-state index is 13.5. The van der Waals surface area contributed by atoms with E-state index in [0.717, 1.165) is 22.7 Å². The van der Waals surface area contributed by atoms with Crippen molar-refractivity contribution in [1.82, 2.24) is 9.78 Å². The van der Waals surface area contributed by atoms with Crippen LogP contribution < -0.4 is 5.32 Å². The van der Waals surface area contributed by atoms with Crippen molar-refractivity contribution in [3.63, 3.8) is 0 Å². The first-order valence-corrected chi connectivity index (χ1v) is 6.23. The summed E-state index contributed by atoms with van der Waals surface area (Å²) in [6.45, 7) is 0.303. The lowest BCUT2D eigenvalue weighted by Crippen LogP contribution is -2.02. The van der Waals surface area contributed by atoms with E-state index in [1.807, 2.05) is 31.4 Å². The van der Waals surface area contributed by atoms with E-state index in [9.17, 15) is 8.78 Å². The van der Waals surface area contributed by atoms with Crippen molar-refractivity contribution in [2.75, 3.05) is 5.32 Å². The van der Waals surface area contributed by atoms with Crippen molar-refractivity contribution in [1.29, 1.82) is 0 Å². The van der Waals surface area contributed by atoms with Gasteiger partial charge in [-0.3, -0.25) is 4.68 Å². The fraction of sp³-hybridized carbons (Fsp3) is 0.133. The summed E-state index contributed by atoms with van der Waals surface area (Å²) in [5.74, 6) is -1.11. The summed E-state index contributed by atoms with van der Waals surface area (Å²) in [6, 6.07) is 9.32. The smallest absolute Gasteiger partial charge is 0.131 e. The van der Waals surface area contributed by atoms with Gasteiger partial charge in [0.15, 0.2) is 0 Å². The Morgan fingerprint density at radius 3 is 2.80 bits per heavy atom. The zero-order valence-electron chi connectivity index (χ0n) is 10.9. The van der Waals surface area contributed by atoms with Crippen LogP contribution in [0.3, 0.4) is 0 Å². The van der Waals surface area contributed by atoms with Gasteiger partial charge in [-0.2, -0.15) is 5.10 Å². The highest BCUT2D eigenvalue weighted by molar-refractivity contribution is 5.81. The number of benzene rings is 2. The molecular formula is C15H13F2N3. The zero-order valence-corrected chi connectivity index (χ0v) is 10.9. The topological polar surface area (TPSA) is 29.9 Å². The first-order chi connectivity index (χ1) is 9.61. The Bertz CT molecular complexity index is 765. The molecule has 3 nitrogen and oxygen atoms in total. The van der Waals surface area contributed by atoms with Gasteiger partial charge in [-0.25, -0.2) is 8.78 Å². The Balaban J connectivity index is 1.79. The highest BCUT2D eigenvalue weighted by atomic mass is 19.1. The summed E-state index contributed by atoms with van der Waals surface area (Å²) < 4.78 is 28.1. The standard InChI is InChI=1S/C15H13F2N3/c1-20-9-11-6-13(4-5-15(11)19-20)18-8-10-2-3-12(16)7-14(10)17/h2-7,9,18H,8H2,1H3. The third-order valence-corrected chi connectivity index (χ3v) is 3.12. The molecule has 0 aliphatic heterocycles. The molecule has 1 heterocycles. The Hall–Kier alpha value is -2.43. The van der Waals surface area contributed by atoms with E-state index < -0.39 is 11.6 Å². The van der Waals surface area contributed by atoms with E-state index in [-0.39, 0.29) is 0 Å². The zero-order chi connectivity index (χ0) is 14.1. The molecule has 0 atom stereocenters. The first kappa shape index (κ1) is 12.6. The highest BCUT2D eigenvalue weighted by Gasteiger charge is 2.04. The number of nitrogens with zero attached hydrogens (tertiary/aromatic N) is 2. The van der Waals surface area contributed by atoms with Crippen LogP contribution in [0.25, 0.3) is 10.9 Å². The normalized spacial score (nSPS) is 10.9. The van der Waals surface area contributed by atoms with Gasteiger partial charge >= 0.3 is 0 Å². The van der Waals surface area contributed by atoms with E-state index >= 15 is 0 Å². The molecule has 0 radical (unpaired) electrons. The number of hydrogen-bond acceptors (Lipinski definition) is 2. The van der Waals surface area contributed by atoms with Crippen LogP contribution in [-0.2, 0) is 13.6 Å². The van der Waals surface area contributed by atoms with E-state index in [1.54, 1.807) is 4.68 Å². The number of rotatable bonds is 3. The third-order valence-electron chi connectivity index (χ3n) is 3.12. The van der Waals surface area contributed by atoms with Crippen molar-refractivity contribution >= 4 is 16.6 Å². The van der Waals surface area contributed by atoms with Gasteiger partial charge in [-0.15, -0.1) is 0 Å². The number of halogens is 2. The second-order valence-corrected chi connectivity index (χ2v) is 4.67. The molecule has 0 spiro atoms. The summed E-state index contributed by atoms with van der Waals surface area (Å²) in [6.07, 6.45) is 1.92. The van der Waals surface area contributed by atoms with Gasteiger partial charge in [0, 0.05) is 42.5 Å². The quantitative estimate of drug-likeness (QED) is 0.792. The van der Waals surface area contributed by atoms with E-state index in [4.69, 9.17) is 0 Å².